The Hall–Kier alpha value is -2.04. The van der Waals surface area contributed by atoms with Crippen LogP contribution in [0.5, 0.6) is 0 Å². The van der Waals surface area contributed by atoms with E-state index in [9.17, 15) is 9.59 Å². The van der Waals surface area contributed by atoms with Crippen molar-refractivity contribution in [3.8, 4) is 0 Å². The van der Waals surface area contributed by atoms with Crippen molar-refractivity contribution >= 4 is 47.6 Å². The average molecular weight is 530 g/mol. The van der Waals surface area contributed by atoms with E-state index in [1.165, 1.54) is 0 Å². The first-order valence-electron chi connectivity index (χ1n) is 10.2. The molecule has 1 fully saturated rings. The smallest absolute Gasteiger partial charge is 0.321 e. The molecule has 4 N–H and O–H groups in total. The highest BCUT2D eigenvalue weighted by Gasteiger charge is 2.17. The topological polar surface area (TPSA) is 97.9 Å². The molecule has 1 saturated heterocycles. The van der Waals surface area contributed by atoms with E-state index in [2.05, 4.69) is 26.3 Å². The van der Waals surface area contributed by atoms with Gasteiger partial charge in [-0.15, -0.1) is 24.0 Å². The molecule has 30 heavy (non-hydrogen) atoms. The van der Waals surface area contributed by atoms with Crippen LogP contribution >= 0.6 is 24.0 Å². The molecule has 0 spiro atoms. The minimum absolute atomic E-state index is 0. The molecular weight excluding hydrogens is 495 g/mol. The molecule has 1 aromatic carbocycles. The Kier molecular flexibility index (Phi) is 10.9. The van der Waals surface area contributed by atoms with Crippen molar-refractivity contribution < 1.29 is 9.59 Å². The van der Waals surface area contributed by atoms with E-state index in [0.717, 1.165) is 37.2 Å². The second-order valence-corrected chi connectivity index (χ2v) is 8.17. The van der Waals surface area contributed by atoms with E-state index in [4.69, 9.17) is 0 Å². The fourth-order valence-electron chi connectivity index (χ4n) is 3.01. The van der Waals surface area contributed by atoms with Crippen molar-refractivity contribution in [1.29, 1.82) is 0 Å². The second kappa shape index (κ2) is 12.6. The van der Waals surface area contributed by atoms with Crippen molar-refractivity contribution in [2.75, 3.05) is 31.5 Å². The van der Waals surface area contributed by atoms with Gasteiger partial charge in [-0.05, 0) is 58.2 Å². The summed E-state index contributed by atoms with van der Waals surface area (Å²) in [5.41, 5.74) is 1.46. The van der Waals surface area contributed by atoms with Gasteiger partial charge in [0.15, 0.2) is 5.96 Å². The Morgan fingerprint density at radius 1 is 1.13 bits per heavy atom. The molecule has 3 amide bonds. The van der Waals surface area contributed by atoms with Crippen LogP contribution in [0.2, 0.25) is 0 Å². The molecule has 9 heteroatoms. The monoisotopic (exact) mass is 530 g/mol. The number of carbonyl (C=O) groups is 2. The number of nitrogens with one attached hydrogen (secondary N) is 4. The van der Waals surface area contributed by atoms with E-state index in [1.54, 1.807) is 0 Å². The molecule has 1 heterocycles. The maximum absolute atomic E-state index is 12.3. The molecule has 8 nitrogen and oxygen atoms in total. The van der Waals surface area contributed by atoms with Gasteiger partial charge in [0.25, 0.3) is 0 Å². The van der Waals surface area contributed by atoms with Crippen LogP contribution in [0.1, 0.15) is 46.1 Å². The van der Waals surface area contributed by atoms with Gasteiger partial charge in [-0.2, -0.15) is 0 Å². The Labute approximate surface area is 196 Å². The number of halogens is 1. The number of hydrogen-bond acceptors (Lipinski definition) is 3. The highest BCUT2D eigenvalue weighted by atomic mass is 127. The quantitative estimate of drug-likeness (QED) is 0.258. The summed E-state index contributed by atoms with van der Waals surface area (Å²) in [5.74, 6) is 0.484. The molecule has 168 valence electrons. The van der Waals surface area contributed by atoms with Crippen molar-refractivity contribution in [2.45, 2.75) is 52.6 Å². The number of hydrogen-bond donors (Lipinski definition) is 4. The number of nitrogens with zero attached hydrogens (tertiary/aromatic N) is 2. The summed E-state index contributed by atoms with van der Waals surface area (Å²) in [6.45, 7) is 10.7. The highest BCUT2D eigenvalue weighted by molar-refractivity contribution is 14.0. The molecule has 0 bridgehead atoms. The fraction of sp³-hybridized carbons (Fsp3) is 0.571. The third-order valence-electron chi connectivity index (χ3n) is 4.27. The van der Waals surface area contributed by atoms with Crippen LogP contribution in [0.3, 0.4) is 0 Å². The lowest BCUT2D eigenvalue weighted by Gasteiger charge is -2.21. The maximum Gasteiger partial charge on any atom is 0.321 e. The minimum atomic E-state index is -0.270. The van der Waals surface area contributed by atoms with Crippen LogP contribution in [0, 0.1) is 0 Å². The predicted molar refractivity (Wildman–Crippen MR) is 132 cm³/mol. The van der Waals surface area contributed by atoms with Crippen LogP contribution in [0.15, 0.2) is 29.3 Å². The highest BCUT2D eigenvalue weighted by Crippen LogP contribution is 2.14. The zero-order chi connectivity index (χ0) is 21.3. The molecule has 0 saturated carbocycles. The number of benzene rings is 1. The minimum Gasteiger partial charge on any atom is -0.357 e. The van der Waals surface area contributed by atoms with Gasteiger partial charge >= 0.3 is 6.03 Å². The van der Waals surface area contributed by atoms with Gasteiger partial charge in [-0.3, -0.25) is 4.79 Å². The van der Waals surface area contributed by atoms with Crippen LogP contribution in [0.4, 0.5) is 10.5 Å². The molecule has 1 aliphatic heterocycles. The van der Waals surface area contributed by atoms with Crippen LogP contribution in [-0.4, -0.2) is 54.5 Å². The summed E-state index contributed by atoms with van der Waals surface area (Å²) >= 11 is 0. The van der Waals surface area contributed by atoms with Gasteiger partial charge in [-0.25, -0.2) is 9.79 Å². The summed E-state index contributed by atoms with van der Waals surface area (Å²) in [6.07, 6.45) is 2.13. The zero-order valence-electron chi connectivity index (χ0n) is 18.4. The Balaban J connectivity index is 0.00000450. The van der Waals surface area contributed by atoms with E-state index in [0.29, 0.717) is 19.0 Å². The predicted octanol–water partition coefficient (Wildman–Crippen LogP) is 2.90. The van der Waals surface area contributed by atoms with Gasteiger partial charge < -0.3 is 26.2 Å². The number of amides is 3. The first-order valence-corrected chi connectivity index (χ1v) is 10.2. The van der Waals surface area contributed by atoms with Gasteiger partial charge in [0.1, 0.15) is 0 Å². The SMILES string of the molecule is CCNC(=NCc1cccc(NC(=O)N2CCCC2)c1)NCC(=O)NC(C)(C)C.I. The molecular formula is C21H35IN6O2. The molecule has 0 aliphatic carbocycles. The molecule has 2 rings (SSSR count). The summed E-state index contributed by atoms with van der Waals surface area (Å²) in [5, 5.41) is 12.0. The number of carbonyl (C=O) groups excluding carboxylic acids is 2. The maximum atomic E-state index is 12.3. The lowest BCUT2D eigenvalue weighted by atomic mass is 10.1. The zero-order valence-corrected chi connectivity index (χ0v) is 20.7. The van der Waals surface area contributed by atoms with Crippen molar-refractivity contribution in [3.63, 3.8) is 0 Å². The summed E-state index contributed by atoms with van der Waals surface area (Å²) in [6, 6.07) is 7.62. The number of anilines is 1. The lowest BCUT2D eigenvalue weighted by molar-refractivity contribution is -0.121. The first kappa shape index (κ1) is 26.0. The summed E-state index contributed by atoms with van der Waals surface area (Å²) in [4.78, 5) is 30.6. The van der Waals surface area contributed by atoms with Crippen LogP contribution in [0.25, 0.3) is 0 Å². The van der Waals surface area contributed by atoms with Gasteiger partial charge in [-0.1, -0.05) is 12.1 Å². The molecule has 0 unspecified atom stereocenters. The van der Waals surface area contributed by atoms with E-state index >= 15 is 0 Å². The van der Waals surface area contributed by atoms with Crippen molar-refractivity contribution in [1.82, 2.24) is 20.9 Å². The fourth-order valence-corrected chi connectivity index (χ4v) is 3.01. The number of rotatable bonds is 6. The lowest BCUT2D eigenvalue weighted by Crippen LogP contribution is -2.48. The standard InChI is InChI=1S/C21H34N6O2.HI/c1-5-22-19(24-15-18(28)26-21(2,3)4)23-14-16-9-8-10-17(13-16)25-20(29)27-11-6-7-12-27;/h8-10,13H,5-7,11-12,14-15H2,1-4H3,(H,25,29)(H,26,28)(H2,22,23,24);1H. The third-order valence-corrected chi connectivity index (χ3v) is 4.27. The Morgan fingerprint density at radius 2 is 1.83 bits per heavy atom. The second-order valence-electron chi connectivity index (χ2n) is 8.17. The van der Waals surface area contributed by atoms with E-state index in [-0.39, 0.29) is 48.0 Å². The van der Waals surface area contributed by atoms with Crippen LogP contribution in [-0.2, 0) is 11.3 Å². The van der Waals surface area contributed by atoms with Crippen molar-refractivity contribution in [2.24, 2.45) is 4.99 Å². The van der Waals surface area contributed by atoms with Crippen LogP contribution < -0.4 is 21.3 Å². The number of guanidine groups is 1. The summed E-state index contributed by atoms with van der Waals surface area (Å²) < 4.78 is 0. The molecule has 0 atom stereocenters. The molecule has 1 aliphatic rings. The average Bonchev–Trinajstić information content (AvgIpc) is 3.18. The summed E-state index contributed by atoms with van der Waals surface area (Å²) in [7, 11) is 0. The Bertz CT molecular complexity index is 726. The van der Waals surface area contributed by atoms with E-state index < -0.39 is 0 Å². The van der Waals surface area contributed by atoms with Gasteiger partial charge in [0, 0.05) is 30.9 Å². The Morgan fingerprint density at radius 3 is 2.47 bits per heavy atom. The molecule has 1 aromatic rings. The normalized spacial score (nSPS) is 14.0. The number of urea groups is 1. The molecule has 0 aromatic heterocycles. The van der Waals surface area contributed by atoms with Gasteiger partial charge in [0.2, 0.25) is 5.91 Å². The molecule has 0 radical (unpaired) electrons. The van der Waals surface area contributed by atoms with Gasteiger partial charge in [0.05, 0.1) is 13.1 Å². The number of likely N-dealkylation sites (tertiary alicyclic amines) is 1. The van der Waals surface area contributed by atoms with E-state index in [1.807, 2.05) is 56.9 Å². The largest absolute Gasteiger partial charge is 0.357 e. The third kappa shape index (κ3) is 9.64. The first-order chi connectivity index (χ1) is 13.8. The number of aliphatic imine (C=N–C) groups is 1. The van der Waals surface area contributed by atoms with Crippen molar-refractivity contribution in [3.05, 3.63) is 29.8 Å².